The number of rotatable bonds is 3. The monoisotopic (exact) mass is 260 g/mol. The molecule has 0 unspecified atom stereocenters. The molecule has 0 radical (unpaired) electrons. The van der Waals surface area contributed by atoms with Gasteiger partial charge in [-0.15, -0.1) is 0 Å². The summed E-state index contributed by atoms with van der Waals surface area (Å²) in [5, 5.41) is 13.2. The molecule has 3 aromatic rings. The van der Waals surface area contributed by atoms with Gasteiger partial charge in [0.25, 0.3) is 0 Å². The topological polar surface area (TPSA) is 54.5 Å². The van der Waals surface area contributed by atoms with Gasteiger partial charge in [-0.1, -0.05) is 18.2 Å². The molecule has 4 heteroatoms. The molecule has 0 aliphatic heterocycles. The maximum atomic E-state index is 8.90. The van der Waals surface area contributed by atoms with Gasteiger partial charge < -0.3 is 0 Å². The van der Waals surface area contributed by atoms with Crippen molar-refractivity contribution in [1.29, 1.82) is 5.26 Å². The van der Waals surface area contributed by atoms with E-state index in [1.807, 2.05) is 47.3 Å². The summed E-state index contributed by atoms with van der Waals surface area (Å²) in [6.45, 7) is 0.641. The molecule has 0 saturated heterocycles. The first-order valence-electron chi connectivity index (χ1n) is 6.28. The van der Waals surface area contributed by atoms with E-state index in [-0.39, 0.29) is 0 Å². The van der Waals surface area contributed by atoms with Crippen LogP contribution in [0.3, 0.4) is 0 Å². The van der Waals surface area contributed by atoms with E-state index in [9.17, 15) is 0 Å². The van der Waals surface area contributed by atoms with E-state index in [2.05, 4.69) is 16.2 Å². The highest BCUT2D eigenvalue weighted by molar-refractivity contribution is 5.56. The average Bonchev–Trinajstić information content (AvgIpc) is 2.97. The molecule has 0 amide bonds. The molecule has 20 heavy (non-hydrogen) atoms. The van der Waals surface area contributed by atoms with Crippen molar-refractivity contribution in [2.24, 2.45) is 0 Å². The fourth-order valence-corrected chi connectivity index (χ4v) is 2.04. The number of benzene rings is 1. The lowest BCUT2D eigenvalue weighted by atomic mass is 10.1. The number of nitrogens with zero attached hydrogens (tertiary/aromatic N) is 4. The Balaban J connectivity index is 1.83. The highest BCUT2D eigenvalue weighted by Gasteiger charge is 2.03. The van der Waals surface area contributed by atoms with Crippen LogP contribution >= 0.6 is 0 Å². The molecule has 2 aromatic heterocycles. The first kappa shape index (κ1) is 12.1. The van der Waals surface area contributed by atoms with E-state index in [1.165, 1.54) is 0 Å². The second-order valence-corrected chi connectivity index (χ2v) is 4.45. The van der Waals surface area contributed by atoms with Crippen LogP contribution in [0.1, 0.15) is 11.1 Å². The van der Waals surface area contributed by atoms with Gasteiger partial charge in [-0.25, -0.2) is 0 Å². The number of hydrogen-bond donors (Lipinski definition) is 0. The second-order valence-electron chi connectivity index (χ2n) is 4.45. The van der Waals surface area contributed by atoms with Gasteiger partial charge >= 0.3 is 0 Å². The Morgan fingerprint density at radius 2 is 2.10 bits per heavy atom. The van der Waals surface area contributed by atoms with Crippen molar-refractivity contribution >= 4 is 0 Å². The van der Waals surface area contributed by atoms with Gasteiger partial charge in [0.15, 0.2) is 0 Å². The van der Waals surface area contributed by atoms with Crippen LogP contribution in [0.4, 0.5) is 0 Å². The summed E-state index contributed by atoms with van der Waals surface area (Å²) in [7, 11) is 0. The molecule has 4 nitrogen and oxygen atoms in total. The lowest BCUT2D eigenvalue weighted by molar-refractivity contribution is 0.687. The van der Waals surface area contributed by atoms with Crippen molar-refractivity contribution in [3.05, 3.63) is 72.2 Å². The zero-order valence-electron chi connectivity index (χ0n) is 10.8. The van der Waals surface area contributed by atoms with Gasteiger partial charge in [0.05, 0.1) is 30.1 Å². The SMILES string of the molecule is N#Cc1cccc(Cn2cc(-c3ccccn3)cn2)c1. The maximum Gasteiger partial charge on any atom is 0.0991 e. The first-order chi connectivity index (χ1) is 9.85. The normalized spacial score (nSPS) is 10.2. The van der Waals surface area contributed by atoms with Crippen LogP contribution in [0, 0.1) is 11.3 Å². The Hall–Kier alpha value is -2.93. The summed E-state index contributed by atoms with van der Waals surface area (Å²) in [5.41, 5.74) is 3.62. The van der Waals surface area contributed by atoms with Crippen molar-refractivity contribution in [2.45, 2.75) is 6.54 Å². The summed E-state index contributed by atoms with van der Waals surface area (Å²) in [5.74, 6) is 0. The van der Waals surface area contributed by atoms with E-state index < -0.39 is 0 Å². The van der Waals surface area contributed by atoms with Gasteiger partial charge in [-0.3, -0.25) is 9.67 Å². The third-order valence-electron chi connectivity index (χ3n) is 2.99. The van der Waals surface area contributed by atoms with Crippen LogP contribution in [0.5, 0.6) is 0 Å². The molecule has 0 bridgehead atoms. The number of nitriles is 1. The zero-order chi connectivity index (χ0) is 13.8. The van der Waals surface area contributed by atoms with E-state index >= 15 is 0 Å². The van der Waals surface area contributed by atoms with E-state index in [1.54, 1.807) is 18.5 Å². The van der Waals surface area contributed by atoms with Crippen LogP contribution in [0.2, 0.25) is 0 Å². The summed E-state index contributed by atoms with van der Waals surface area (Å²) in [6.07, 6.45) is 5.53. The van der Waals surface area contributed by atoms with Gasteiger partial charge in [0.2, 0.25) is 0 Å². The largest absolute Gasteiger partial charge is 0.268 e. The molecule has 0 atom stereocenters. The Labute approximate surface area is 116 Å². The molecular weight excluding hydrogens is 248 g/mol. The molecular formula is C16H12N4. The van der Waals surface area contributed by atoms with Gasteiger partial charge in [0, 0.05) is 18.0 Å². The van der Waals surface area contributed by atoms with Gasteiger partial charge in [0.1, 0.15) is 0 Å². The van der Waals surface area contributed by atoms with Crippen LogP contribution in [-0.4, -0.2) is 14.8 Å². The number of aromatic nitrogens is 3. The Morgan fingerprint density at radius 3 is 2.90 bits per heavy atom. The van der Waals surface area contributed by atoms with E-state index in [4.69, 9.17) is 5.26 Å². The first-order valence-corrected chi connectivity index (χ1v) is 6.28. The summed E-state index contributed by atoms with van der Waals surface area (Å²) >= 11 is 0. The molecule has 3 rings (SSSR count). The Kier molecular flexibility index (Phi) is 3.25. The fourth-order valence-electron chi connectivity index (χ4n) is 2.04. The van der Waals surface area contributed by atoms with Crippen molar-refractivity contribution < 1.29 is 0 Å². The van der Waals surface area contributed by atoms with Crippen LogP contribution in [0.25, 0.3) is 11.3 Å². The third kappa shape index (κ3) is 2.57. The van der Waals surface area contributed by atoms with Crippen LogP contribution in [-0.2, 0) is 6.54 Å². The quantitative estimate of drug-likeness (QED) is 0.727. The van der Waals surface area contributed by atoms with E-state index in [0.717, 1.165) is 16.8 Å². The van der Waals surface area contributed by atoms with E-state index in [0.29, 0.717) is 12.1 Å². The van der Waals surface area contributed by atoms with Gasteiger partial charge in [-0.2, -0.15) is 10.4 Å². The third-order valence-corrected chi connectivity index (χ3v) is 2.99. The Bertz CT molecular complexity index is 753. The summed E-state index contributed by atoms with van der Waals surface area (Å²) < 4.78 is 1.85. The van der Waals surface area contributed by atoms with Crippen molar-refractivity contribution in [1.82, 2.24) is 14.8 Å². The minimum absolute atomic E-state index is 0.641. The van der Waals surface area contributed by atoms with Crippen molar-refractivity contribution in [2.75, 3.05) is 0 Å². The van der Waals surface area contributed by atoms with Gasteiger partial charge in [-0.05, 0) is 29.8 Å². The molecule has 1 aromatic carbocycles. The lowest BCUT2D eigenvalue weighted by Crippen LogP contribution is -1.99. The minimum Gasteiger partial charge on any atom is -0.268 e. The summed E-state index contributed by atoms with van der Waals surface area (Å²) in [6, 6.07) is 15.5. The average molecular weight is 260 g/mol. The minimum atomic E-state index is 0.641. The zero-order valence-corrected chi connectivity index (χ0v) is 10.8. The predicted molar refractivity (Wildman–Crippen MR) is 75.7 cm³/mol. The standard InChI is InChI=1S/C16H12N4/c17-9-13-4-3-5-14(8-13)11-20-12-15(10-19-20)16-6-1-2-7-18-16/h1-8,10,12H,11H2. The number of hydrogen-bond acceptors (Lipinski definition) is 3. The lowest BCUT2D eigenvalue weighted by Gasteiger charge is -2.02. The number of pyridine rings is 1. The van der Waals surface area contributed by atoms with Crippen LogP contribution < -0.4 is 0 Å². The second kappa shape index (κ2) is 5.37. The molecule has 0 spiro atoms. The molecule has 0 N–H and O–H groups in total. The predicted octanol–water partition coefficient (Wildman–Crippen LogP) is 2.87. The maximum absolute atomic E-state index is 8.90. The fraction of sp³-hybridized carbons (Fsp3) is 0.0625. The molecule has 2 heterocycles. The highest BCUT2D eigenvalue weighted by atomic mass is 15.3. The molecule has 0 aliphatic rings. The Morgan fingerprint density at radius 1 is 1.15 bits per heavy atom. The summed E-state index contributed by atoms with van der Waals surface area (Å²) in [4.78, 5) is 4.30. The highest BCUT2D eigenvalue weighted by Crippen LogP contribution is 2.15. The van der Waals surface area contributed by atoms with Crippen LogP contribution in [0.15, 0.2) is 61.1 Å². The smallest absolute Gasteiger partial charge is 0.0991 e. The molecule has 0 aliphatic carbocycles. The molecule has 96 valence electrons. The van der Waals surface area contributed by atoms with Crippen molar-refractivity contribution in [3.8, 4) is 17.3 Å². The van der Waals surface area contributed by atoms with Crippen molar-refractivity contribution in [3.63, 3.8) is 0 Å². The molecule has 0 fully saturated rings. The molecule has 0 saturated carbocycles.